The second-order valence-electron chi connectivity index (χ2n) is 3.98. The van der Waals surface area contributed by atoms with Gasteiger partial charge < -0.3 is 0 Å². The Bertz CT molecular complexity index is 347. The molecule has 0 spiro atoms. The van der Waals surface area contributed by atoms with Gasteiger partial charge in [0.05, 0.1) is 12.2 Å². The number of carbonyl (C=O) groups is 1. The van der Waals surface area contributed by atoms with Crippen LogP contribution in [0.5, 0.6) is 0 Å². The number of rotatable bonds is 7. The zero-order valence-corrected chi connectivity index (χ0v) is 10.3. The molecule has 1 aromatic rings. The van der Waals surface area contributed by atoms with Gasteiger partial charge in [0.25, 0.3) is 0 Å². The molecule has 0 aromatic heterocycles. The smallest absolute Gasteiger partial charge is 0.293 e. The fraction of sp³-hybridized carbons (Fsp3) is 0.429. The van der Waals surface area contributed by atoms with Crippen molar-refractivity contribution in [3.63, 3.8) is 0 Å². The van der Waals surface area contributed by atoms with Gasteiger partial charge in [-0.2, -0.15) is 4.89 Å². The Kier molecular flexibility index (Phi) is 6.33. The van der Waals surface area contributed by atoms with Crippen molar-refractivity contribution in [2.75, 3.05) is 6.61 Å². The lowest BCUT2D eigenvalue weighted by atomic mass is 10.1. The van der Waals surface area contributed by atoms with Gasteiger partial charge >= 0.3 is 5.97 Å². The summed E-state index contributed by atoms with van der Waals surface area (Å²) in [6.45, 7) is 6.12. The van der Waals surface area contributed by atoms with E-state index in [9.17, 15) is 4.79 Å². The third-order valence-electron chi connectivity index (χ3n) is 2.37. The van der Waals surface area contributed by atoms with Crippen LogP contribution in [0.1, 0.15) is 41.6 Å². The monoisotopic (exact) mass is 235 g/mol. The van der Waals surface area contributed by atoms with E-state index in [0.717, 1.165) is 31.2 Å². The molecule has 0 aliphatic carbocycles. The van der Waals surface area contributed by atoms with Gasteiger partial charge in [0.1, 0.15) is 0 Å². The lowest BCUT2D eigenvalue weighted by molar-refractivity contribution is -0.241. The largest absolute Gasteiger partial charge is 0.373 e. The van der Waals surface area contributed by atoms with Gasteiger partial charge in [-0.25, -0.2) is 4.79 Å². The molecule has 0 unspecified atom stereocenters. The van der Waals surface area contributed by atoms with E-state index in [1.165, 1.54) is 0 Å². The molecule has 0 bridgehead atoms. The zero-order valence-electron chi connectivity index (χ0n) is 10.3. The number of unbranched alkanes of at least 4 members (excludes halogenated alkanes) is 3. The minimum absolute atomic E-state index is 0.439. The normalized spacial score (nSPS) is 10.2. The van der Waals surface area contributed by atoms with Gasteiger partial charge in [-0.05, 0) is 25.5 Å². The fourth-order valence-corrected chi connectivity index (χ4v) is 1.43. The Labute approximate surface area is 103 Å². The topological polar surface area (TPSA) is 35.5 Å². The second kappa shape index (κ2) is 7.85. The molecular weight excluding hydrogens is 216 g/mol. The first-order valence-electron chi connectivity index (χ1n) is 5.93. The van der Waals surface area contributed by atoms with Gasteiger partial charge in [-0.1, -0.05) is 43.9 Å². The molecule has 1 radical (unpaired) electrons. The summed E-state index contributed by atoms with van der Waals surface area (Å²) in [7, 11) is 0. The third-order valence-corrected chi connectivity index (χ3v) is 2.37. The van der Waals surface area contributed by atoms with Crippen LogP contribution in [-0.2, 0) is 9.78 Å². The average molecular weight is 235 g/mol. The number of carbonyl (C=O) groups excluding carboxylic acids is 1. The lowest BCUT2D eigenvalue weighted by Gasteiger charge is -2.04. The summed E-state index contributed by atoms with van der Waals surface area (Å²) >= 11 is 0. The molecule has 3 heteroatoms. The Balaban J connectivity index is 2.21. The molecule has 0 amide bonds. The third kappa shape index (κ3) is 5.50. The maximum absolute atomic E-state index is 11.5. The second-order valence-corrected chi connectivity index (χ2v) is 3.98. The molecule has 0 saturated heterocycles. The maximum atomic E-state index is 11.5. The molecule has 0 aliphatic rings. The molecule has 0 heterocycles. The SMILES string of the molecule is [CH2]CCCCCOOC(=O)c1cccc(C)c1. The van der Waals surface area contributed by atoms with Gasteiger partial charge in [-0.15, -0.1) is 0 Å². The molecule has 93 valence electrons. The molecule has 1 rings (SSSR count). The number of hydrogen-bond acceptors (Lipinski definition) is 3. The Hall–Kier alpha value is -1.35. The van der Waals surface area contributed by atoms with E-state index in [0.29, 0.717) is 12.2 Å². The van der Waals surface area contributed by atoms with Crippen molar-refractivity contribution in [3.05, 3.63) is 42.3 Å². The Morgan fingerprint density at radius 3 is 2.82 bits per heavy atom. The first-order chi connectivity index (χ1) is 8.24. The van der Waals surface area contributed by atoms with E-state index >= 15 is 0 Å². The van der Waals surface area contributed by atoms with Crippen molar-refractivity contribution >= 4 is 5.97 Å². The summed E-state index contributed by atoms with van der Waals surface area (Å²) in [4.78, 5) is 21.1. The van der Waals surface area contributed by atoms with Gasteiger partial charge in [0.15, 0.2) is 0 Å². The molecule has 17 heavy (non-hydrogen) atoms. The van der Waals surface area contributed by atoms with Crippen molar-refractivity contribution in [2.45, 2.75) is 32.6 Å². The van der Waals surface area contributed by atoms with E-state index in [1.807, 2.05) is 19.1 Å². The van der Waals surface area contributed by atoms with Crippen molar-refractivity contribution in [2.24, 2.45) is 0 Å². The summed E-state index contributed by atoms with van der Waals surface area (Å²) in [5.74, 6) is -0.439. The minimum Gasteiger partial charge on any atom is -0.293 e. The summed E-state index contributed by atoms with van der Waals surface area (Å²) in [6.07, 6.45) is 3.94. The van der Waals surface area contributed by atoms with Crippen LogP contribution < -0.4 is 0 Å². The quantitative estimate of drug-likeness (QED) is 0.412. The predicted molar refractivity (Wildman–Crippen MR) is 66.4 cm³/mol. The summed E-state index contributed by atoms with van der Waals surface area (Å²) in [5, 5.41) is 0. The highest BCUT2D eigenvalue weighted by Crippen LogP contribution is 2.06. The standard InChI is InChI=1S/C14H19O3/c1-3-4-5-6-10-16-17-14(15)13-9-7-8-12(2)11-13/h7-9,11H,1,3-6,10H2,2H3. The molecule has 3 nitrogen and oxygen atoms in total. The number of aryl methyl sites for hydroxylation is 1. The Morgan fingerprint density at radius 2 is 2.12 bits per heavy atom. The van der Waals surface area contributed by atoms with Crippen LogP contribution >= 0.6 is 0 Å². The fourth-order valence-electron chi connectivity index (χ4n) is 1.43. The highest BCUT2D eigenvalue weighted by atomic mass is 17.2. The summed E-state index contributed by atoms with van der Waals surface area (Å²) in [5.41, 5.74) is 1.54. The number of benzene rings is 1. The Morgan fingerprint density at radius 1 is 1.29 bits per heavy atom. The molecule has 1 aromatic carbocycles. The van der Waals surface area contributed by atoms with Gasteiger partial charge in [0.2, 0.25) is 0 Å². The minimum atomic E-state index is -0.439. The highest BCUT2D eigenvalue weighted by Gasteiger charge is 2.07. The number of hydrogen-bond donors (Lipinski definition) is 0. The van der Waals surface area contributed by atoms with E-state index in [-0.39, 0.29) is 0 Å². The molecule has 0 N–H and O–H groups in total. The predicted octanol–water partition coefficient (Wildman–Crippen LogP) is 3.48. The van der Waals surface area contributed by atoms with Crippen LogP contribution in [0.2, 0.25) is 0 Å². The first-order valence-corrected chi connectivity index (χ1v) is 5.93. The van der Waals surface area contributed by atoms with E-state index < -0.39 is 5.97 Å². The molecule has 0 atom stereocenters. The van der Waals surface area contributed by atoms with E-state index in [1.54, 1.807) is 12.1 Å². The van der Waals surface area contributed by atoms with Crippen LogP contribution in [-0.4, -0.2) is 12.6 Å². The van der Waals surface area contributed by atoms with Crippen LogP contribution in [0, 0.1) is 13.8 Å². The first kappa shape index (κ1) is 13.7. The van der Waals surface area contributed by atoms with Crippen LogP contribution in [0.15, 0.2) is 24.3 Å². The summed E-state index contributed by atoms with van der Waals surface area (Å²) < 4.78 is 0. The lowest BCUT2D eigenvalue weighted by Crippen LogP contribution is -2.07. The van der Waals surface area contributed by atoms with E-state index in [2.05, 4.69) is 6.92 Å². The van der Waals surface area contributed by atoms with Crippen LogP contribution in [0.3, 0.4) is 0 Å². The molecule has 0 saturated carbocycles. The molecule has 0 aliphatic heterocycles. The molecule has 0 fully saturated rings. The van der Waals surface area contributed by atoms with Crippen molar-refractivity contribution in [3.8, 4) is 0 Å². The van der Waals surface area contributed by atoms with Gasteiger partial charge in [-0.3, -0.25) is 4.89 Å². The van der Waals surface area contributed by atoms with Crippen molar-refractivity contribution in [1.82, 2.24) is 0 Å². The van der Waals surface area contributed by atoms with Crippen molar-refractivity contribution < 1.29 is 14.6 Å². The van der Waals surface area contributed by atoms with E-state index in [4.69, 9.17) is 9.78 Å². The average Bonchev–Trinajstić information content (AvgIpc) is 2.33. The summed E-state index contributed by atoms with van der Waals surface area (Å²) in [6, 6.07) is 7.23. The van der Waals surface area contributed by atoms with Crippen molar-refractivity contribution in [1.29, 1.82) is 0 Å². The van der Waals surface area contributed by atoms with Crippen LogP contribution in [0.25, 0.3) is 0 Å². The van der Waals surface area contributed by atoms with Gasteiger partial charge in [0, 0.05) is 0 Å². The maximum Gasteiger partial charge on any atom is 0.373 e. The zero-order chi connectivity index (χ0) is 12.5. The highest BCUT2D eigenvalue weighted by molar-refractivity contribution is 5.89. The van der Waals surface area contributed by atoms with Crippen LogP contribution in [0.4, 0.5) is 0 Å². The molecular formula is C14H19O3.